The van der Waals surface area contributed by atoms with Crippen molar-refractivity contribution in [3.8, 4) is 0 Å². The first-order valence-corrected chi connectivity index (χ1v) is 8.39. The summed E-state index contributed by atoms with van der Waals surface area (Å²) in [4.78, 5) is 0. The van der Waals surface area contributed by atoms with Gasteiger partial charge >= 0.3 is 0 Å². The molecule has 0 amide bonds. The van der Waals surface area contributed by atoms with Crippen molar-refractivity contribution in [2.24, 2.45) is 0 Å². The van der Waals surface area contributed by atoms with Crippen LogP contribution in [0.1, 0.15) is 97.3 Å². The molecular weight excluding hydrogens is 242 g/mol. The lowest BCUT2D eigenvalue weighted by atomic mass is 10.0. The minimum Gasteiger partial charge on any atom is -0.344 e. The molecule has 0 aliphatic rings. The molecule has 2 heteroatoms. The van der Waals surface area contributed by atoms with Crippen molar-refractivity contribution in [1.29, 1.82) is 0 Å². The lowest BCUT2D eigenvalue weighted by Crippen LogP contribution is -1.95. The van der Waals surface area contributed by atoms with Crippen LogP contribution in [0, 0.1) is 0 Å². The fourth-order valence-electron chi connectivity index (χ4n) is 2.23. The number of hydrogen-bond acceptors (Lipinski definition) is 1. The topological polar surface area (TPSA) is 35.0 Å². The van der Waals surface area contributed by atoms with E-state index in [4.69, 9.17) is 11.6 Å². The highest BCUT2D eigenvalue weighted by Crippen LogP contribution is 2.15. The Labute approximate surface area is 121 Å². The second kappa shape index (κ2) is 17.2. The van der Waals surface area contributed by atoms with E-state index in [1.54, 1.807) is 0 Å². The van der Waals surface area contributed by atoms with Gasteiger partial charge in [0.25, 0.3) is 0 Å². The van der Waals surface area contributed by atoms with Crippen molar-refractivity contribution in [2.75, 3.05) is 0 Å². The van der Waals surface area contributed by atoms with E-state index < -0.39 is 0 Å². The van der Waals surface area contributed by atoms with Gasteiger partial charge in [0, 0.05) is 5.38 Å². The van der Waals surface area contributed by atoms with Crippen molar-refractivity contribution in [1.82, 2.24) is 6.15 Å². The van der Waals surface area contributed by atoms with Gasteiger partial charge in [-0.3, -0.25) is 0 Å². The molecule has 1 unspecified atom stereocenters. The van der Waals surface area contributed by atoms with E-state index in [1.807, 2.05) is 0 Å². The summed E-state index contributed by atoms with van der Waals surface area (Å²) in [5, 5.41) is 0.425. The van der Waals surface area contributed by atoms with Crippen LogP contribution in [0.4, 0.5) is 0 Å². The molecule has 0 bridgehead atoms. The van der Waals surface area contributed by atoms with E-state index in [9.17, 15) is 0 Å². The highest BCUT2D eigenvalue weighted by Gasteiger charge is 2.00. The molecule has 112 valence electrons. The molecule has 0 aliphatic heterocycles. The highest BCUT2D eigenvalue weighted by molar-refractivity contribution is 6.20. The normalized spacial score (nSPS) is 12.2. The number of rotatable bonds is 13. The Kier molecular flexibility index (Phi) is 19.7. The highest BCUT2D eigenvalue weighted by atomic mass is 35.5. The summed E-state index contributed by atoms with van der Waals surface area (Å²) >= 11 is 6.09. The van der Waals surface area contributed by atoms with Crippen LogP contribution in [0.25, 0.3) is 0 Å². The van der Waals surface area contributed by atoms with Crippen LogP contribution in [0.3, 0.4) is 0 Å². The van der Waals surface area contributed by atoms with Crippen molar-refractivity contribution in [2.45, 2.75) is 103 Å². The van der Waals surface area contributed by atoms with Gasteiger partial charge in [0.2, 0.25) is 0 Å². The number of halogens is 1. The molecule has 0 rings (SSSR count). The smallest absolute Gasteiger partial charge is 0.0333 e. The second-order valence-corrected chi connectivity index (χ2v) is 5.95. The molecule has 0 saturated carbocycles. The van der Waals surface area contributed by atoms with Gasteiger partial charge in [0.1, 0.15) is 0 Å². The fourth-order valence-corrected chi connectivity index (χ4v) is 2.39. The van der Waals surface area contributed by atoms with Crippen LogP contribution in [0.15, 0.2) is 0 Å². The van der Waals surface area contributed by atoms with Crippen LogP contribution >= 0.6 is 11.6 Å². The summed E-state index contributed by atoms with van der Waals surface area (Å²) in [7, 11) is 0. The summed E-state index contributed by atoms with van der Waals surface area (Å²) in [5.41, 5.74) is 0. The number of unbranched alkanes of at least 4 members (excludes halogenated alkanes) is 10. The molecular formula is C16H36ClN. The third-order valence-corrected chi connectivity index (χ3v) is 4.09. The predicted molar refractivity (Wildman–Crippen MR) is 86.0 cm³/mol. The van der Waals surface area contributed by atoms with Gasteiger partial charge in [0.15, 0.2) is 0 Å². The predicted octanol–water partition coefficient (Wildman–Crippen LogP) is 6.87. The molecule has 0 radical (unpaired) electrons. The number of alkyl halides is 1. The summed E-state index contributed by atoms with van der Waals surface area (Å²) in [5.74, 6) is 0. The molecule has 1 nitrogen and oxygen atoms in total. The first-order chi connectivity index (χ1) is 8.31. The zero-order valence-corrected chi connectivity index (χ0v) is 13.6. The molecule has 0 aromatic heterocycles. The molecule has 0 saturated heterocycles. The van der Waals surface area contributed by atoms with Gasteiger partial charge in [-0.15, -0.1) is 11.6 Å². The first-order valence-electron chi connectivity index (χ1n) is 7.95. The average Bonchev–Trinajstić information content (AvgIpc) is 2.35. The van der Waals surface area contributed by atoms with E-state index >= 15 is 0 Å². The Balaban J connectivity index is 0. The summed E-state index contributed by atoms with van der Waals surface area (Å²) in [6.07, 6.45) is 18.0. The Hall–Kier alpha value is 0.250. The molecule has 0 heterocycles. The van der Waals surface area contributed by atoms with Crippen LogP contribution < -0.4 is 6.15 Å². The Morgan fingerprint density at radius 1 is 0.667 bits per heavy atom. The van der Waals surface area contributed by atoms with Crippen molar-refractivity contribution < 1.29 is 0 Å². The summed E-state index contributed by atoms with van der Waals surface area (Å²) in [6.45, 7) is 4.46. The first kappa shape index (κ1) is 20.6. The van der Waals surface area contributed by atoms with Crippen LogP contribution in [0.5, 0.6) is 0 Å². The van der Waals surface area contributed by atoms with E-state index in [2.05, 4.69) is 13.8 Å². The standard InChI is InChI=1S/C16H33Cl.H3N/c1-3-5-6-7-8-9-10-11-12-13-14-15-16(17)4-2;/h16H,3-15H2,1-2H3;1H3. The monoisotopic (exact) mass is 277 g/mol. The molecule has 0 fully saturated rings. The van der Waals surface area contributed by atoms with E-state index in [0.717, 1.165) is 6.42 Å². The van der Waals surface area contributed by atoms with Gasteiger partial charge in [-0.2, -0.15) is 0 Å². The lowest BCUT2D eigenvalue weighted by molar-refractivity contribution is 0.539. The van der Waals surface area contributed by atoms with Gasteiger partial charge in [-0.25, -0.2) is 0 Å². The van der Waals surface area contributed by atoms with E-state index in [-0.39, 0.29) is 6.15 Å². The average molecular weight is 278 g/mol. The minimum absolute atomic E-state index is 0. The van der Waals surface area contributed by atoms with E-state index in [1.165, 1.54) is 77.0 Å². The van der Waals surface area contributed by atoms with E-state index in [0.29, 0.717) is 5.38 Å². The molecule has 3 N–H and O–H groups in total. The van der Waals surface area contributed by atoms with Gasteiger partial charge in [0.05, 0.1) is 0 Å². The Bertz CT molecular complexity index is 139. The van der Waals surface area contributed by atoms with Crippen LogP contribution in [-0.2, 0) is 0 Å². The zero-order valence-electron chi connectivity index (χ0n) is 12.9. The van der Waals surface area contributed by atoms with Crippen molar-refractivity contribution in [3.05, 3.63) is 0 Å². The zero-order chi connectivity index (χ0) is 12.8. The summed E-state index contributed by atoms with van der Waals surface area (Å²) < 4.78 is 0. The number of hydrogen-bond donors (Lipinski definition) is 1. The third-order valence-electron chi connectivity index (χ3n) is 3.56. The molecule has 18 heavy (non-hydrogen) atoms. The SMILES string of the molecule is CCCCCCCCCCCCCC(Cl)CC.N. The Morgan fingerprint density at radius 3 is 1.44 bits per heavy atom. The molecule has 0 aromatic carbocycles. The molecule has 0 aromatic rings. The van der Waals surface area contributed by atoms with Gasteiger partial charge in [-0.05, 0) is 12.8 Å². The lowest BCUT2D eigenvalue weighted by Gasteiger charge is -2.05. The van der Waals surface area contributed by atoms with Crippen LogP contribution in [0.2, 0.25) is 0 Å². The quantitative estimate of drug-likeness (QED) is 0.289. The molecule has 1 atom stereocenters. The van der Waals surface area contributed by atoms with Gasteiger partial charge in [-0.1, -0.05) is 84.5 Å². The van der Waals surface area contributed by atoms with Crippen molar-refractivity contribution >= 4 is 11.6 Å². The minimum atomic E-state index is 0. The third kappa shape index (κ3) is 16.2. The maximum atomic E-state index is 6.09. The van der Waals surface area contributed by atoms with Gasteiger partial charge < -0.3 is 6.15 Å². The fraction of sp³-hybridized carbons (Fsp3) is 1.00. The maximum Gasteiger partial charge on any atom is 0.0333 e. The largest absolute Gasteiger partial charge is 0.344 e. The van der Waals surface area contributed by atoms with Crippen molar-refractivity contribution in [3.63, 3.8) is 0 Å². The second-order valence-electron chi connectivity index (χ2n) is 5.33. The Morgan fingerprint density at radius 2 is 1.06 bits per heavy atom. The van der Waals surface area contributed by atoms with Crippen LogP contribution in [-0.4, -0.2) is 5.38 Å². The molecule has 0 aliphatic carbocycles. The molecule has 0 spiro atoms. The summed E-state index contributed by atoms with van der Waals surface area (Å²) in [6, 6.07) is 0. The maximum absolute atomic E-state index is 6.09.